The van der Waals surface area contributed by atoms with Gasteiger partial charge in [0.2, 0.25) is 5.91 Å². The predicted octanol–water partition coefficient (Wildman–Crippen LogP) is 0.662. The van der Waals surface area contributed by atoms with Gasteiger partial charge in [0, 0.05) is 13.7 Å². The Morgan fingerprint density at radius 3 is 2.35 bits per heavy atom. The SMILES string of the molecule is COCCNC(=O)C(C)NC(=O)OC(C)(C)C. The zero-order chi connectivity index (χ0) is 13.5. The largest absolute Gasteiger partial charge is 0.444 e. The van der Waals surface area contributed by atoms with Crippen molar-refractivity contribution in [2.24, 2.45) is 0 Å². The molecule has 0 radical (unpaired) electrons. The second kappa shape index (κ2) is 7.11. The summed E-state index contributed by atoms with van der Waals surface area (Å²) in [6, 6.07) is -0.637. The molecule has 6 heteroatoms. The van der Waals surface area contributed by atoms with Crippen LogP contribution in [-0.4, -0.2) is 43.9 Å². The van der Waals surface area contributed by atoms with E-state index in [1.54, 1.807) is 34.8 Å². The zero-order valence-electron chi connectivity index (χ0n) is 11.1. The minimum absolute atomic E-state index is 0.270. The summed E-state index contributed by atoms with van der Waals surface area (Å²) >= 11 is 0. The van der Waals surface area contributed by atoms with Crippen molar-refractivity contribution in [2.75, 3.05) is 20.3 Å². The van der Waals surface area contributed by atoms with Crippen LogP contribution in [0.4, 0.5) is 4.79 Å². The summed E-state index contributed by atoms with van der Waals surface area (Å²) in [5.41, 5.74) is -0.573. The quantitative estimate of drug-likeness (QED) is 0.699. The van der Waals surface area contributed by atoms with Crippen molar-refractivity contribution in [3.05, 3.63) is 0 Å². The van der Waals surface area contributed by atoms with E-state index in [0.29, 0.717) is 13.2 Å². The van der Waals surface area contributed by atoms with E-state index in [4.69, 9.17) is 9.47 Å². The number of amides is 2. The molecule has 0 aliphatic heterocycles. The highest BCUT2D eigenvalue weighted by atomic mass is 16.6. The first-order valence-corrected chi connectivity index (χ1v) is 5.52. The average molecular weight is 246 g/mol. The van der Waals surface area contributed by atoms with Crippen LogP contribution >= 0.6 is 0 Å². The van der Waals surface area contributed by atoms with Crippen LogP contribution in [0.5, 0.6) is 0 Å². The summed E-state index contributed by atoms with van der Waals surface area (Å²) in [7, 11) is 1.55. The third-order valence-corrected chi connectivity index (χ3v) is 1.73. The van der Waals surface area contributed by atoms with Gasteiger partial charge in [-0.05, 0) is 27.7 Å². The van der Waals surface area contributed by atoms with Crippen molar-refractivity contribution in [3.63, 3.8) is 0 Å². The topological polar surface area (TPSA) is 76.7 Å². The van der Waals surface area contributed by atoms with E-state index in [1.807, 2.05) is 0 Å². The molecule has 0 aliphatic carbocycles. The zero-order valence-corrected chi connectivity index (χ0v) is 11.1. The van der Waals surface area contributed by atoms with E-state index in [9.17, 15) is 9.59 Å². The van der Waals surface area contributed by atoms with Gasteiger partial charge in [-0.1, -0.05) is 0 Å². The first kappa shape index (κ1) is 15.7. The Morgan fingerprint density at radius 2 is 1.88 bits per heavy atom. The first-order chi connectivity index (χ1) is 7.76. The lowest BCUT2D eigenvalue weighted by molar-refractivity contribution is -0.123. The van der Waals surface area contributed by atoms with Crippen LogP contribution in [0.25, 0.3) is 0 Å². The van der Waals surface area contributed by atoms with Crippen molar-refractivity contribution in [2.45, 2.75) is 39.3 Å². The van der Waals surface area contributed by atoms with Gasteiger partial charge >= 0.3 is 6.09 Å². The van der Waals surface area contributed by atoms with Crippen LogP contribution in [-0.2, 0) is 14.3 Å². The molecule has 0 rings (SSSR count). The minimum Gasteiger partial charge on any atom is -0.444 e. The molecule has 100 valence electrons. The van der Waals surface area contributed by atoms with Gasteiger partial charge < -0.3 is 20.1 Å². The van der Waals surface area contributed by atoms with E-state index in [1.165, 1.54) is 0 Å². The van der Waals surface area contributed by atoms with Gasteiger partial charge in [-0.15, -0.1) is 0 Å². The monoisotopic (exact) mass is 246 g/mol. The molecule has 2 amide bonds. The Labute approximate surface area is 102 Å². The molecule has 1 unspecified atom stereocenters. The van der Waals surface area contributed by atoms with E-state index in [-0.39, 0.29) is 5.91 Å². The van der Waals surface area contributed by atoms with Gasteiger partial charge in [0.05, 0.1) is 6.61 Å². The number of alkyl carbamates (subject to hydrolysis) is 1. The lowest BCUT2D eigenvalue weighted by Gasteiger charge is -2.21. The van der Waals surface area contributed by atoms with Crippen molar-refractivity contribution in [1.82, 2.24) is 10.6 Å². The molecule has 0 aliphatic rings. The Morgan fingerprint density at radius 1 is 1.29 bits per heavy atom. The molecule has 0 aromatic heterocycles. The van der Waals surface area contributed by atoms with Crippen LogP contribution < -0.4 is 10.6 Å². The van der Waals surface area contributed by atoms with Gasteiger partial charge in [0.15, 0.2) is 0 Å². The summed E-state index contributed by atoms with van der Waals surface area (Å²) in [6.07, 6.45) is -0.605. The number of methoxy groups -OCH3 is 1. The van der Waals surface area contributed by atoms with Crippen LogP contribution in [0.3, 0.4) is 0 Å². The molecule has 0 heterocycles. The smallest absolute Gasteiger partial charge is 0.408 e. The molecule has 0 saturated heterocycles. The molecule has 17 heavy (non-hydrogen) atoms. The lowest BCUT2D eigenvalue weighted by atomic mass is 10.2. The van der Waals surface area contributed by atoms with Crippen LogP contribution in [0.15, 0.2) is 0 Å². The maximum absolute atomic E-state index is 11.5. The highest BCUT2D eigenvalue weighted by Gasteiger charge is 2.20. The van der Waals surface area contributed by atoms with E-state index >= 15 is 0 Å². The molecule has 0 aromatic rings. The summed E-state index contributed by atoms with van der Waals surface area (Å²) in [4.78, 5) is 22.8. The molecule has 0 fully saturated rings. The molecule has 0 aromatic carbocycles. The van der Waals surface area contributed by atoms with Crippen molar-refractivity contribution < 1.29 is 19.1 Å². The summed E-state index contributed by atoms with van der Waals surface area (Å²) in [6.45, 7) is 7.72. The fourth-order valence-electron chi connectivity index (χ4n) is 0.979. The molecule has 0 saturated carbocycles. The Kier molecular flexibility index (Phi) is 6.57. The van der Waals surface area contributed by atoms with Gasteiger partial charge in [-0.3, -0.25) is 4.79 Å². The third kappa shape index (κ3) is 8.50. The maximum Gasteiger partial charge on any atom is 0.408 e. The van der Waals surface area contributed by atoms with Crippen LogP contribution in [0.1, 0.15) is 27.7 Å². The predicted molar refractivity (Wildman–Crippen MR) is 63.7 cm³/mol. The number of hydrogen-bond donors (Lipinski definition) is 2. The Bertz CT molecular complexity index is 261. The number of hydrogen-bond acceptors (Lipinski definition) is 4. The van der Waals surface area contributed by atoms with Crippen molar-refractivity contribution >= 4 is 12.0 Å². The van der Waals surface area contributed by atoms with Gasteiger partial charge in [-0.2, -0.15) is 0 Å². The first-order valence-electron chi connectivity index (χ1n) is 5.52. The summed E-state index contributed by atoms with van der Waals surface area (Å²) < 4.78 is 9.82. The molecule has 0 bridgehead atoms. The molecular formula is C11H22N2O4. The molecule has 0 spiro atoms. The van der Waals surface area contributed by atoms with Gasteiger partial charge in [0.25, 0.3) is 0 Å². The summed E-state index contributed by atoms with van der Waals surface area (Å²) in [5.74, 6) is -0.270. The molecule has 1 atom stereocenters. The van der Waals surface area contributed by atoms with Crippen LogP contribution in [0, 0.1) is 0 Å². The second-order valence-electron chi connectivity index (χ2n) is 4.65. The van der Waals surface area contributed by atoms with E-state index in [2.05, 4.69) is 10.6 Å². The van der Waals surface area contributed by atoms with E-state index < -0.39 is 17.7 Å². The van der Waals surface area contributed by atoms with E-state index in [0.717, 1.165) is 0 Å². The Balaban J connectivity index is 3.95. The molecule has 6 nitrogen and oxygen atoms in total. The molecule has 2 N–H and O–H groups in total. The number of rotatable bonds is 5. The number of carbonyl (C=O) groups excluding carboxylic acids is 2. The van der Waals surface area contributed by atoms with Crippen LogP contribution in [0.2, 0.25) is 0 Å². The number of nitrogens with one attached hydrogen (secondary N) is 2. The third-order valence-electron chi connectivity index (χ3n) is 1.73. The highest BCUT2D eigenvalue weighted by Crippen LogP contribution is 2.06. The number of carbonyl (C=O) groups is 2. The highest BCUT2D eigenvalue weighted by molar-refractivity contribution is 5.85. The number of ether oxygens (including phenoxy) is 2. The Hall–Kier alpha value is -1.30. The minimum atomic E-state index is -0.637. The summed E-state index contributed by atoms with van der Waals surface area (Å²) in [5, 5.41) is 5.07. The van der Waals surface area contributed by atoms with Gasteiger partial charge in [0.1, 0.15) is 11.6 Å². The molecular weight excluding hydrogens is 224 g/mol. The van der Waals surface area contributed by atoms with Gasteiger partial charge in [-0.25, -0.2) is 4.79 Å². The second-order valence-corrected chi connectivity index (χ2v) is 4.65. The maximum atomic E-state index is 11.5. The standard InChI is InChI=1S/C11H22N2O4/c1-8(9(14)12-6-7-16-5)13-10(15)17-11(2,3)4/h8H,6-7H2,1-5H3,(H,12,14)(H,13,15). The van der Waals surface area contributed by atoms with Crippen molar-refractivity contribution in [3.8, 4) is 0 Å². The fraction of sp³-hybridized carbons (Fsp3) is 0.818. The fourth-order valence-corrected chi connectivity index (χ4v) is 0.979. The normalized spacial score (nSPS) is 12.8. The average Bonchev–Trinajstić information content (AvgIpc) is 2.14. The lowest BCUT2D eigenvalue weighted by Crippen LogP contribution is -2.47. The van der Waals surface area contributed by atoms with Crippen molar-refractivity contribution in [1.29, 1.82) is 0 Å².